The van der Waals surface area contributed by atoms with E-state index in [1.54, 1.807) is 0 Å². The summed E-state index contributed by atoms with van der Waals surface area (Å²) in [4.78, 5) is 21.8. The van der Waals surface area contributed by atoms with Crippen molar-refractivity contribution < 1.29 is 24.9 Å². The van der Waals surface area contributed by atoms with Gasteiger partial charge in [0.1, 0.15) is 6.04 Å². The average molecular weight is 251 g/mol. The van der Waals surface area contributed by atoms with Crippen molar-refractivity contribution >= 4 is 18.0 Å². The zero-order valence-corrected chi connectivity index (χ0v) is 9.62. The summed E-state index contributed by atoms with van der Waals surface area (Å²) in [5.41, 5.74) is 0.503. The van der Waals surface area contributed by atoms with Gasteiger partial charge < -0.3 is 20.6 Å². The minimum absolute atomic E-state index is 0.254. The zero-order chi connectivity index (χ0) is 13.7. The number of carbonyl (C=O) groups excluding carboxylic acids is 1. The molecule has 0 aliphatic carbocycles. The summed E-state index contributed by atoms with van der Waals surface area (Å²) < 4.78 is 0. The van der Waals surface area contributed by atoms with Gasteiger partial charge >= 0.3 is 5.97 Å². The third kappa shape index (κ3) is 3.82. The minimum atomic E-state index is -1.13. The summed E-state index contributed by atoms with van der Waals surface area (Å²) in [6.45, 7) is 1.35. The second-order valence-corrected chi connectivity index (χ2v) is 3.65. The summed E-state index contributed by atoms with van der Waals surface area (Å²) in [5, 5.41) is 29.1. The third-order valence-electron chi connectivity index (χ3n) is 2.16. The SMILES string of the molecule is CC(NC(=O)/C=C/c1ccc(O)c(O)c1)C(=O)O. The van der Waals surface area contributed by atoms with Crippen LogP contribution in [-0.2, 0) is 9.59 Å². The largest absolute Gasteiger partial charge is 0.504 e. The lowest BCUT2D eigenvalue weighted by Gasteiger charge is -2.06. The van der Waals surface area contributed by atoms with E-state index in [1.165, 1.54) is 31.2 Å². The van der Waals surface area contributed by atoms with Crippen molar-refractivity contribution in [3.63, 3.8) is 0 Å². The van der Waals surface area contributed by atoms with Crippen LogP contribution in [0.1, 0.15) is 12.5 Å². The molecule has 0 aliphatic rings. The molecule has 96 valence electrons. The Morgan fingerprint density at radius 2 is 1.94 bits per heavy atom. The van der Waals surface area contributed by atoms with E-state index in [-0.39, 0.29) is 11.5 Å². The van der Waals surface area contributed by atoms with Crippen LogP contribution in [0.2, 0.25) is 0 Å². The molecule has 1 unspecified atom stereocenters. The van der Waals surface area contributed by atoms with Gasteiger partial charge in [0.25, 0.3) is 0 Å². The highest BCUT2D eigenvalue weighted by Gasteiger charge is 2.11. The van der Waals surface area contributed by atoms with Crippen LogP contribution in [0.5, 0.6) is 11.5 Å². The average Bonchev–Trinajstić information content (AvgIpc) is 2.30. The van der Waals surface area contributed by atoms with Crippen LogP contribution in [0, 0.1) is 0 Å². The fourth-order valence-corrected chi connectivity index (χ4v) is 1.14. The highest BCUT2D eigenvalue weighted by atomic mass is 16.4. The number of amides is 1. The molecule has 1 atom stereocenters. The molecule has 6 nitrogen and oxygen atoms in total. The number of benzene rings is 1. The minimum Gasteiger partial charge on any atom is -0.504 e. The third-order valence-corrected chi connectivity index (χ3v) is 2.16. The molecule has 0 bridgehead atoms. The number of carbonyl (C=O) groups is 2. The molecule has 0 radical (unpaired) electrons. The van der Waals surface area contributed by atoms with E-state index in [0.717, 1.165) is 6.08 Å². The molecule has 0 aromatic heterocycles. The zero-order valence-electron chi connectivity index (χ0n) is 9.62. The fraction of sp³-hybridized carbons (Fsp3) is 0.167. The van der Waals surface area contributed by atoms with Gasteiger partial charge in [-0.2, -0.15) is 0 Å². The molecule has 0 saturated heterocycles. The number of carboxylic acids is 1. The van der Waals surface area contributed by atoms with Gasteiger partial charge in [0.2, 0.25) is 5.91 Å². The first-order chi connectivity index (χ1) is 8.40. The number of phenolic OH excluding ortho intramolecular Hbond substituents is 2. The van der Waals surface area contributed by atoms with Gasteiger partial charge in [-0.15, -0.1) is 0 Å². The van der Waals surface area contributed by atoms with E-state index in [4.69, 9.17) is 10.2 Å². The normalized spacial score (nSPS) is 12.3. The summed E-state index contributed by atoms with van der Waals surface area (Å²) in [6.07, 6.45) is 2.54. The van der Waals surface area contributed by atoms with Gasteiger partial charge in [0, 0.05) is 6.08 Å². The molecular weight excluding hydrogens is 238 g/mol. The molecule has 0 aliphatic heterocycles. The van der Waals surface area contributed by atoms with Gasteiger partial charge in [0.15, 0.2) is 11.5 Å². The highest BCUT2D eigenvalue weighted by molar-refractivity contribution is 5.94. The van der Waals surface area contributed by atoms with Crippen LogP contribution in [0.4, 0.5) is 0 Å². The number of phenols is 2. The standard InChI is InChI=1S/C12H13NO5/c1-7(12(17)18)13-11(16)5-3-8-2-4-9(14)10(15)6-8/h2-7,14-15H,1H3,(H,13,16)(H,17,18)/b5-3+. The number of carboxylic acid groups (broad SMARTS) is 1. The van der Waals surface area contributed by atoms with Crippen molar-refractivity contribution in [3.05, 3.63) is 29.8 Å². The first-order valence-electron chi connectivity index (χ1n) is 5.13. The first-order valence-corrected chi connectivity index (χ1v) is 5.13. The first kappa shape index (κ1) is 13.6. The maximum atomic E-state index is 11.3. The predicted molar refractivity (Wildman–Crippen MR) is 64.0 cm³/mol. The lowest BCUT2D eigenvalue weighted by Crippen LogP contribution is -2.37. The maximum Gasteiger partial charge on any atom is 0.325 e. The molecular formula is C12H13NO5. The second kappa shape index (κ2) is 5.72. The molecule has 0 fully saturated rings. The summed E-state index contributed by atoms with van der Waals surface area (Å²) in [7, 11) is 0. The van der Waals surface area contributed by atoms with Crippen LogP contribution < -0.4 is 5.32 Å². The Balaban J connectivity index is 2.66. The molecule has 1 rings (SSSR count). The van der Waals surface area contributed by atoms with Crippen LogP contribution in [0.3, 0.4) is 0 Å². The molecule has 1 aromatic carbocycles. The molecule has 0 heterocycles. The molecule has 0 saturated carbocycles. The number of aromatic hydroxyl groups is 2. The Bertz CT molecular complexity index is 495. The Morgan fingerprint density at radius 3 is 2.50 bits per heavy atom. The molecule has 0 spiro atoms. The van der Waals surface area contributed by atoms with Crippen molar-refractivity contribution in [3.8, 4) is 11.5 Å². The van der Waals surface area contributed by atoms with E-state index >= 15 is 0 Å². The Labute approximate surface area is 103 Å². The van der Waals surface area contributed by atoms with E-state index in [0.29, 0.717) is 5.56 Å². The smallest absolute Gasteiger partial charge is 0.325 e. The van der Waals surface area contributed by atoms with E-state index in [9.17, 15) is 14.7 Å². The van der Waals surface area contributed by atoms with E-state index in [2.05, 4.69) is 5.32 Å². The lowest BCUT2D eigenvalue weighted by atomic mass is 10.2. The molecule has 18 heavy (non-hydrogen) atoms. The van der Waals surface area contributed by atoms with Crippen molar-refractivity contribution in [1.82, 2.24) is 5.32 Å². The number of hydrogen-bond acceptors (Lipinski definition) is 4. The molecule has 1 amide bonds. The van der Waals surface area contributed by atoms with Crippen LogP contribution >= 0.6 is 0 Å². The number of hydrogen-bond donors (Lipinski definition) is 4. The second-order valence-electron chi connectivity index (χ2n) is 3.65. The fourth-order valence-electron chi connectivity index (χ4n) is 1.14. The number of nitrogens with one attached hydrogen (secondary N) is 1. The van der Waals surface area contributed by atoms with Gasteiger partial charge in [-0.05, 0) is 30.7 Å². The van der Waals surface area contributed by atoms with E-state index < -0.39 is 17.9 Å². The summed E-state index contributed by atoms with van der Waals surface area (Å²) in [6, 6.07) is 3.08. The Morgan fingerprint density at radius 1 is 1.28 bits per heavy atom. The molecule has 6 heteroatoms. The van der Waals surface area contributed by atoms with Gasteiger partial charge in [0.05, 0.1) is 0 Å². The Hall–Kier alpha value is -2.50. The molecule has 1 aromatic rings. The highest BCUT2D eigenvalue weighted by Crippen LogP contribution is 2.25. The summed E-state index contributed by atoms with van der Waals surface area (Å²) in [5.74, 6) is -2.23. The monoisotopic (exact) mass is 251 g/mol. The quantitative estimate of drug-likeness (QED) is 0.465. The number of rotatable bonds is 4. The van der Waals surface area contributed by atoms with Crippen molar-refractivity contribution in [2.45, 2.75) is 13.0 Å². The van der Waals surface area contributed by atoms with Crippen molar-refractivity contribution in [1.29, 1.82) is 0 Å². The van der Waals surface area contributed by atoms with E-state index in [1.807, 2.05) is 0 Å². The molecule has 4 N–H and O–H groups in total. The number of aliphatic carboxylic acids is 1. The Kier molecular flexibility index (Phi) is 4.31. The van der Waals surface area contributed by atoms with Crippen LogP contribution in [-0.4, -0.2) is 33.2 Å². The predicted octanol–water partition coefficient (Wildman–Crippen LogP) is 0.700. The van der Waals surface area contributed by atoms with Crippen LogP contribution in [0.25, 0.3) is 6.08 Å². The van der Waals surface area contributed by atoms with Gasteiger partial charge in [-0.3, -0.25) is 9.59 Å². The van der Waals surface area contributed by atoms with Crippen molar-refractivity contribution in [2.24, 2.45) is 0 Å². The topological polar surface area (TPSA) is 107 Å². The lowest BCUT2D eigenvalue weighted by molar-refractivity contribution is -0.140. The summed E-state index contributed by atoms with van der Waals surface area (Å²) >= 11 is 0. The van der Waals surface area contributed by atoms with Crippen molar-refractivity contribution in [2.75, 3.05) is 0 Å². The van der Waals surface area contributed by atoms with Gasteiger partial charge in [-0.1, -0.05) is 6.07 Å². The van der Waals surface area contributed by atoms with Crippen LogP contribution in [0.15, 0.2) is 24.3 Å². The maximum absolute atomic E-state index is 11.3. The van der Waals surface area contributed by atoms with Gasteiger partial charge in [-0.25, -0.2) is 0 Å².